The molecule has 0 fully saturated rings. The molecule has 2 amide bonds. The van der Waals surface area contributed by atoms with Gasteiger partial charge in [0.1, 0.15) is 11.5 Å². The number of hydrogen-bond acceptors (Lipinski definition) is 4. The monoisotopic (exact) mass is 424 g/mol. The van der Waals surface area contributed by atoms with Gasteiger partial charge in [0.05, 0.1) is 12.2 Å². The molecule has 0 aliphatic carbocycles. The number of benzene rings is 3. The summed E-state index contributed by atoms with van der Waals surface area (Å²) in [5.41, 5.74) is 3.26. The van der Waals surface area contributed by atoms with Crippen LogP contribution in [0, 0.1) is 0 Å². The molecule has 158 valence electrons. The molecule has 4 aromatic rings. The molecular formula is C26H20N2O4. The zero-order chi connectivity index (χ0) is 21.9. The maximum atomic E-state index is 13.2. The Morgan fingerprint density at radius 2 is 1.44 bits per heavy atom. The molecule has 0 unspecified atom stereocenters. The zero-order valence-corrected chi connectivity index (χ0v) is 17.1. The normalized spacial score (nSPS) is 12.2. The number of para-hydroxylation sites is 2. The third kappa shape index (κ3) is 3.86. The maximum absolute atomic E-state index is 13.2. The number of anilines is 1. The second-order valence-corrected chi connectivity index (χ2v) is 7.46. The van der Waals surface area contributed by atoms with Crippen LogP contribution in [0.3, 0.4) is 0 Å². The van der Waals surface area contributed by atoms with E-state index >= 15 is 0 Å². The van der Waals surface area contributed by atoms with E-state index in [1.807, 2.05) is 60.7 Å². The van der Waals surface area contributed by atoms with Crippen LogP contribution < -0.4 is 15.4 Å². The van der Waals surface area contributed by atoms with Crippen LogP contribution in [-0.4, -0.2) is 11.8 Å². The van der Waals surface area contributed by atoms with Crippen LogP contribution in [0.25, 0.3) is 0 Å². The van der Waals surface area contributed by atoms with Crippen molar-refractivity contribution in [3.63, 3.8) is 0 Å². The number of carbonyl (C=O) groups is 2. The highest BCUT2D eigenvalue weighted by Crippen LogP contribution is 2.43. The molecule has 32 heavy (non-hydrogen) atoms. The minimum Gasteiger partial charge on any atom is -0.459 e. The Kier molecular flexibility index (Phi) is 5.17. The number of carbonyl (C=O) groups excluding carboxylic acids is 2. The fourth-order valence-corrected chi connectivity index (χ4v) is 3.79. The summed E-state index contributed by atoms with van der Waals surface area (Å²) in [7, 11) is 0. The van der Waals surface area contributed by atoms with Crippen molar-refractivity contribution >= 4 is 17.5 Å². The fourth-order valence-electron chi connectivity index (χ4n) is 3.79. The van der Waals surface area contributed by atoms with Crippen molar-refractivity contribution in [1.82, 2.24) is 5.32 Å². The quantitative estimate of drug-likeness (QED) is 0.468. The first-order chi connectivity index (χ1) is 15.7. The van der Waals surface area contributed by atoms with Crippen LogP contribution in [0.15, 0.2) is 95.6 Å². The van der Waals surface area contributed by atoms with Crippen molar-refractivity contribution in [3.05, 3.63) is 114 Å². The second kappa shape index (κ2) is 8.43. The van der Waals surface area contributed by atoms with Crippen molar-refractivity contribution in [2.24, 2.45) is 0 Å². The molecule has 0 saturated carbocycles. The lowest BCUT2D eigenvalue weighted by Gasteiger charge is -2.27. The Morgan fingerprint density at radius 1 is 0.781 bits per heavy atom. The Labute approximate surface area is 184 Å². The molecule has 1 aromatic heterocycles. The van der Waals surface area contributed by atoms with E-state index in [1.165, 1.54) is 6.26 Å². The summed E-state index contributed by atoms with van der Waals surface area (Å²) < 4.78 is 11.1. The molecule has 2 N–H and O–H groups in total. The van der Waals surface area contributed by atoms with Gasteiger partial charge in [0.15, 0.2) is 5.76 Å². The van der Waals surface area contributed by atoms with Crippen molar-refractivity contribution < 1.29 is 18.7 Å². The molecule has 1 aliphatic rings. The van der Waals surface area contributed by atoms with Crippen LogP contribution in [0.1, 0.15) is 33.2 Å². The van der Waals surface area contributed by atoms with E-state index in [2.05, 4.69) is 10.6 Å². The molecule has 6 heteroatoms. The van der Waals surface area contributed by atoms with E-state index in [1.54, 1.807) is 24.3 Å². The van der Waals surface area contributed by atoms with Gasteiger partial charge in [-0.25, -0.2) is 0 Å². The SMILES string of the molecule is O=C(Nc1ccc(CNC(=O)C2c3ccccc3Oc3ccccc32)cc1)c1ccco1. The highest BCUT2D eigenvalue weighted by atomic mass is 16.5. The molecule has 0 bridgehead atoms. The predicted molar refractivity (Wildman–Crippen MR) is 120 cm³/mol. The Bertz CT molecular complexity index is 1220. The van der Waals surface area contributed by atoms with E-state index in [9.17, 15) is 9.59 Å². The highest BCUT2D eigenvalue weighted by Gasteiger charge is 2.32. The Hall–Kier alpha value is -4.32. The molecule has 2 heterocycles. The number of hydrogen-bond donors (Lipinski definition) is 2. The number of nitrogens with one attached hydrogen (secondary N) is 2. The largest absolute Gasteiger partial charge is 0.459 e. The minimum atomic E-state index is -0.442. The van der Waals surface area contributed by atoms with Gasteiger partial charge in [0.2, 0.25) is 5.91 Å². The average molecular weight is 424 g/mol. The van der Waals surface area contributed by atoms with Crippen molar-refractivity contribution in [2.75, 3.05) is 5.32 Å². The minimum absolute atomic E-state index is 0.0941. The molecular weight excluding hydrogens is 404 g/mol. The summed E-state index contributed by atoms with van der Waals surface area (Å²) in [5, 5.41) is 5.81. The molecule has 6 nitrogen and oxygen atoms in total. The third-order valence-corrected chi connectivity index (χ3v) is 5.37. The van der Waals surface area contributed by atoms with E-state index in [0.717, 1.165) is 16.7 Å². The Morgan fingerprint density at radius 3 is 2.06 bits per heavy atom. The summed E-state index contributed by atoms with van der Waals surface area (Å²) >= 11 is 0. The number of fused-ring (bicyclic) bond motifs is 2. The van der Waals surface area contributed by atoms with E-state index in [0.29, 0.717) is 23.7 Å². The molecule has 3 aromatic carbocycles. The number of rotatable bonds is 5. The van der Waals surface area contributed by atoms with Gasteiger partial charge in [-0.05, 0) is 42.0 Å². The standard InChI is InChI=1S/C26H20N2O4/c29-25(23-10-5-15-31-23)28-18-13-11-17(12-14-18)16-27-26(30)24-19-6-1-3-8-21(19)32-22-9-4-2-7-20(22)24/h1-15,24H,16H2,(H,27,30)(H,28,29). The van der Waals surface area contributed by atoms with Gasteiger partial charge in [0, 0.05) is 23.4 Å². The highest BCUT2D eigenvalue weighted by molar-refractivity contribution is 6.02. The number of furan rings is 1. The zero-order valence-electron chi connectivity index (χ0n) is 17.1. The summed E-state index contributed by atoms with van der Waals surface area (Å²) in [6.45, 7) is 0.368. The molecule has 0 radical (unpaired) electrons. The van der Waals surface area contributed by atoms with E-state index < -0.39 is 5.92 Å². The van der Waals surface area contributed by atoms with Crippen molar-refractivity contribution in [1.29, 1.82) is 0 Å². The van der Waals surface area contributed by atoms with Crippen molar-refractivity contribution in [2.45, 2.75) is 12.5 Å². The lowest BCUT2D eigenvalue weighted by Crippen LogP contribution is -2.31. The molecule has 5 rings (SSSR count). The second-order valence-electron chi connectivity index (χ2n) is 7.46. The number of ether oxygens (including phenoxy) is 1. The summed E-state index contributed by atoms with van der Waals surface area (Å²) in [6, 6.07) is 25.8. The van der Waals surface area contributed by atoms with Crippen LogP contribution in [0.5, 0.6) is 11.5 Å². The third-order valence-electron chi connectivity index (χ3n) is 5.37. The van der Waals surface area contributed by atoms with E-state index in [-0.39, 0.29) is 17.6 Å². The van der Waals surface area contributed by atoms with Crippen LogP contribution in [0.2, 0.25) is 0 Å². The molecule has 1 aliphatic heterocycles. The van der Waals surface area contributed by atoms with Gasteiger partial charge in [-0.3, -0.25) is 9.59 Å². The van der Waals surface area contributed by atoms with Gasteiger partial charge in [-0.15, -0.1) is 0 Å². The fraction of sp³-hybridized carbons (Fsp3) is 0.0769. The van der Waals surface area contributed by atoms with Gasteiger partial charge in [0.25, 0.3) is 5.91 Å². The smallest absolute Gasteiger partial charge is 0.291 e. The lowest BCUT2D eigenvalue weighted by atomic mass is 9.87. The summed E-state index contributed by atoms with van der Waals surface area (Å²) in [5.74, 6) is 0.795. The lowest BCUT2D eigenvalue weighted by molar-refractivity contribution is -0.122. The Balaban J connectivity index is 1.28. The maximum Gasteiger partial charge on any atom is 0.291 e. The van der Waals surface area contributed by atoms with Crippen LogP contribution in [0.4, 0.5) is 5.69 Å². The van der Waals surface area contributed by atoms with Crippen molar-refractivity contribution in [3.8, 4) is 11.5 Å². The topological polar surface area (TPSA) is 80.6 Å². The average Bonchev–Trinajstić information content (AvgIpc) is 3.37. The van der Waals surface area contributed by atoms with Crippen LogP contribution >= 0.6 is 0 Å². The first-order valence-electron chi connectivity index (χ1n) is 10.3. The van der Waals surface area contributed by atoms with Gasteiger partial charge in [-0.2, -0.15) is 0 Å². The van der Waals surface area contributed by atoms with Gasteiger partial charge in [-0.1, -0.05) is 48.5 Å². The van der Waals surface area contributed by atoms with Gasteiger partial charge < -0.3 is 19.8 Å². The molecule has 0 spiro atoms. The first kappa shape index (κ1) is 19.6. The first-order valence-corrected chi connectivity index (χ1v) is 10.3. The predicted octanol–water partition coefficient (Wildman–Crippen LogP) is 5.09. The molecule has 0 atom stereocenters. The number of amides is 2. The van der Waals surface area contributed by atoms with Gasteiger partial charge >= 0.3 is 0 Å². The van der Waals surface area contributed by atoms with E-state index in [4.69, 9.17) is 9.15 Å². The van der Waals surface area contributed by atoms with Crippen LogP contribution in [-0.2, 0) is 11.3 Å². The summed E-state index contributed by atoms with van der Waals surface area (Å²) in [4.78, 5) is 25.3. The summed E-state index contributed by atoms with van der Waals surface area (Å²) in [6.07, 6.45) is 1.45. The molecule has 0 saturated heterocycles.